The van der Waals surface area contributed by atoms with Crippen molar-refractivity contribution in [2.24, 2.45) is 0 Å². The summed E-state index contributed by atoms with van der Waals surface area (Å²) in [6, 6.07) is 10.4. The van der Waals surface area contributed by atoms with Crippen LogP contribution < -0.4 is 5.32 Å². The predicted octanol–water partition coefficient (Wildman–Crippen LogP) is 3.60. The van der Waals surface area contributed by atoms with Gasteiger partial charge in [-0.05, 0) is 30.7 Å². The van der Waals surface area contributed by atoms with E-state index in [0.717, 1.165) is 16.8 Å². The van der Waals surface area contributed by atoms with Crippen molar-refractivity contribution in [3.05, 3.63) is 54.0 Å². The second kappa shape index (κ2) is 5.55. The van der Waals surface area contributed by atoms with E-state index >= 15 is 0 Å². The molecule has 90 valence electrons. The summed E-state index contributed by atoms with van der Waals surface area (Å²) in [6.07, 6.45) is 3.45. The number of methoxy groups -OCH3 is 1. The zero-order valence-electron chi connectivity index (χ0n) is 10.1. The summed E-state index contributed by atoms with van der Waals surface area (Å²) in [5, 5.41) is 3.43. The van der Waals surface area contributed by atoms with E-state index in [4.69, 9.17) is 9.15 Å². The molecule has 0 saturated heterocycles. The molecule has 0 amide bonds. The summed E-state index contributed by atoms with van der Waals surface area (Å²) in [7, 11) is 1.70. The van der Waals surface area contributed by atoms with Crippen LogP contribution in [0.15, 0.2) is 47.3 Å². The van der Waals surface area contributed by atoms with E-state index in [-0.39, 0.29) is 6.04 Å². The van der Waals surface area contributed by atoms with Gasteiger partial charge in [-0.15, -0.1) is 0 Å². The molecule has 1 heterocycles. The van der Waals surface area contributed by atoms with Crippen LogP contribution in [0.3, 0.4) is 0 Å². The lowest BCUT2D eigenvalue weighted by molar-refractivity contribution is 0.185. The summed E-state index contributed by atoms with van der Waals surface area (Å²) in [4.78, 5) is 0. The van der Waals surface area contributed by atoms with Crippen LogP contribution in [0.25, 0.3) is 0 Å². The van der Waals surface area contributed by atoms with Crippen molar-refractivity contribution in [1.29, 1.82) is 0 Å². The summed E-state index contributed by atoms with van der Waals surface area (Å²) in [5.41, 5.74) is 3.40. The van der Waals surface area contributed by atoms with E-state index in [2.05, 4.69) is 30.4 Å². The second-order valence-electron chi connectivity index (χ2n) is 4.06. The van der Waals surface area contributed by atoms with Gasteiger partial charge in [0.1, 0.15) is 0 Å². The number of ether oxygens (including phenoxy) is 1. The van der Waals surface area contributed by atoms with Gasteiger partial charge in [0.15, 0.2) is 0 Å². The minimum atomic E-state index is 0.228. The van der Waals surface area contributed by atoms with Crippen LogP contribution in [0.4, 0.5) is 5.69 Å². The van der Waals surface area contributed by atoms with Gasteiger partial charge in [0.25, 0.3) is 0 Å². The molecule has 0 spiro atoms. The van der Waals surface area contributed by atoms with E-state index in [0.29, 0.717) is 6.61 Å². The maximum absolute atomic E-state index is 5.12. The quantitative estimate of drug-likeness (QED) is 0.853. The third kappa shape index (κ3) is 3.11. The highest BCUT2D eigenvalue weighted by Gasteiger charge is 2.06. The number of nitrogens with one attached hydrogen (secondary N) is 1. The van der Waals surface area contributed by atoms with E-state index in [1.165, 1.54) is 0 Å². The fraction of sp³-hybridized carbons (Fsp3) is 0.286. The molecule has 1 N–H and O–H groups in total. The first-order valence-corrected chi connectivity index (χ1v) is 5.66. The summed E-state index contributed by atoms with van der Waals surface area (Å²) >= 11 is 0. The Labute approximate surface area is 101 Å². The normalized spacial score (nSPS) is 12.4. The Balaban J connectivity index is 2.05. The molecule has 0 aliphatic carbocycles. The zero-order valence-corrected chi connectivity index (χ0v) is 10.1. The van der Waals surface area contributed by atoms with E-state index in [1.54, 1.807) is 19.6 Å². The van der Waals surface area contributed by atoms with E-state index in [1.807, 2.05) is 12.1 Å². The number of furan rings is 1. The Bertz CT molecular complexity index is 451. The Morgan fingerprint density at radius 3 is 2.94 bits per heavy atom. The highest BCUT2D eigenvalue weighted by atomic mass is 16.5. The average Bonchev–Trinajstić information content (AvgIpc) is 2.83. The highest BCUT2D eigenvalue weighted by Crippen LogP contribution is 2.20. The molecular formula is C14H17NO2. The number of anilines is 1. The monoisotopic (exact) mass is 231 g/mol. The van der Waals surface area contributed by atoms with Crippen LogP contribution in [0.5, 0.6) is 0 Å². The predicted molar refractivity (Wildman–Crippen MR) is 67.9 cm³/mol. The molecule has 0 fully saturated rings. The molecule has 1 aromatic carbocycles. The van der Waals surface area contributed by atoms with Crippen molar-refractivity contribution in [2.45, 2.75) is 19.6 Å². The van der Waals surface area contributed by atoms with Crippen LogP contribution in [-0.4, -0.2) is 7.11 Å². The van der Waals surface area contributed by atoms with E-state index < -0.39 is 0 Å². The first kappa shape index (κ1) is 11.7. The summed E-state index contributed by atoms with van der Waals surface area (Å²) < 4.78 is 10.2. The first-order chi connectivity index (χ1) is 8.29. The van der Waals surface area contributed by atoms with Crippen molar-refractivity contribution >= 4 is 5.69 Å². The van der Waals surface area contributed by atoms with Crippen LogP contribution in [0.1, 0.15) is 24.1 Å². The molecule has 0 saturated carbocycles. The van der Waals surface area contributed by atoms with Crippen LogP contribution in [-0.2, 0) is 11.3 Å². The van der Waals surface area contributed by atoms with Crippen molar-refractivity contribution in [1.82, 2.24) is 0 Å². The fourth-order valence-corrected chi connectivity index (χ4v) is 1.77. The van der Waals surface area contributed by atoms with Crippen LogP contribution in [0.2, 0.25) is 0 Å². The fourth-order valence-electron chi connectivity index (χ4n) is 1.77. The molecule has 1 aromatic heterocycles. The Morgan fingerprint density at radius 1 is 1.35 bits per heavy atom. The molecule has 3 heteroatoms. The summed E-state index contributed by atoms with van der Waals surface area (Å²) in [5.74, 6) is 0. The van der Waals surface area contributed by atoms with Gasteiger partial charge < -0.3 is 14.5 Å². The maximum Gasteiger partial charge on any atom is 0.0955 e. The smallest absolute Gasteiger partial charge is 0.0955 e. The lowest BCUT2D eigenvalue weighted by atomic mass is 10.1. The Hall–Kier alpha value is -1.74. The van der Waals surface area contributed by atoms with Gasteiger partial charge in [-0.3, -0.25) is 0 Å². The molecular weight excluding hydrogens is 214 g/mol. The number of hydrogen-bond acceptors (Lipinski definition) is 3. The van der Waals surface area contributed by atoms with Crippen molar-refractivity contribution in [3.8, 4) is 0 Å². The van der Waals surface area contributed by atoms with Crippen molar-refractivity contribution in [2.75, 3.05) is 12.4 Å². The second-order valence-corrected chi connectivity index (χ2v) is 4.06. The largest absolute Gasteiger partial charge is 0.472 e. The molecule has 0 bridgehead atoms. The van der Waals surface area contributed by atoms with Gasteiger partial charge in [-0.2, -0.15) is 0 Å². The molecule has 17 heavy (non-hydrogen) atoms. The maximum atomic E-state index is 5.12. The lowest BCUT2D eigenvalue weighted by Crippen LogP contribution is -2.05. The van der Waals surface area contributed by atoms with Gasteiger partial charge in [-0.25, -0.2) is 0 Å². The summed E-state index contributed by atoms with van der Waals surface area (Å²) in [6.45, 7) is 2.74. The number of hydrogen-bond donors (Lipinski definition) is 1. The van der Waals surface area contributed by atoms with Gasteiger partial charge in [0.2, 0.25) is 0 Å². The van der Waals surface area contributed by atoms with Crippen LogP contribution in [0, 0.1) is 0 Å². The Morgan fingerprint density at radius 2 is 2.24 bits per heavy atom. The van der Waals surface area contributed by atoms with Gasteiger partial charge >= 0.3 is 0 Å². The van der Waals surface area contributed by atoms with Gasteiger partial charge in [0, 0.05) is 18.4 Å². The molecule has 3 nitrogen and oxygen atoms in total. The minimum absolute atomic E-state index is 0.228. The lowest BCUT2D eigenvalue weighted by Gasteiger charge is -2.14. The molecule has 0 radical (unpaired) electrons. The van der Waals surface area contributed by atoms with E-state index in [9.17, 15) is 0 Å². The standard InChI is InChI=1S/C14H17NO2/c1-11(13-6-7-17-10-13)15-14-5-3-4-12(8-14)9-16-2/h3-8,10-11,15H,9H2,1-2H3. The molecule has 1 unspecified atom stereocenters. The van der Waals surface area contributed by atoms with Gasteiger partial charge in [-0.1, -0.05) is 12.1 Å². The number of benzene rings is 1. The minimum Gasteiger partial charge on any atom is -0.472 e. The zero-order chi connectivity index (χ0) is 12.1. The third-order valence-corrected chi connectivity index (χ3v) is 2.66. The molecule has 1 atom stereocenters. The van der Waals surface area contributed by atoms with Crippen LogP contribution >= 0.6 is 0 Å². The van der Waals surface area contributed by atoms with Crippen molar-refractivity contribution in [3.63, 3.8) is 0 Å². The molecule has 2 aromatic rings. The average molecular weight is 231 g/mol. The molecule has 0 aliphatic rings. The first-order valence-electron chi connectivity index (χ1n) is 5.66. The van der Waals surface area contributed by atoms with Gasteiger partial charge in [0.05, 0.1) is 25.2 Å². The molecule has 2 rings (SSSR count). The topological polar surface area (TPSA) is 34.4 Å². The molecule has 0 aliphatic heterocycles. The van der Waals surface area contributed by atoms with Crippen molar-refractivity contribution < 1.29 is 9.15 Å². The SMILES string of the molecule is COCc1cccc(NC(C)c2ccoc2)c1. The Kier molecular flexibility index (Phi) is 3.83. The third-order valence-electron chi connectivity index (χ3n) is 2.66. The number of rotatable bonds is 5. The highest BCUT2D eigenvalue weighted by molar-refractivity contribution is 5.47.